The zero-order valence-corrected chi connectivity index (χ0v) is 13.4. The lowest BCUT2D eigenvalue weighted by atomic mass is 10.1. The second kappa shape index (κ2) is 8.37. The lowest BCUT2D eigenvalue weighted by Gasteiger charge is -2.16. The van der Waals surface area contributed by atoms with Crippen molar-refractivity contribution in [1.82, 2.24) is 5.32 Å². The number of benzene rings is 2. The van der Waals surface area contributed by atoms with Gasteiger partial charge in [-0.25, -0.2) is 4.39 Å². The normalized spacial score (nSPS) is 10.2. The molecule has 120 valence electrons. The Morgan fingerprint density at radius 2 is 2.09 bits per heavy atom. The highest BCUT2D eigenvalue weighted by molar-refractivity contribution is 6.30. The topological polar surface area (TPSA) is 54.3 Å². The van der Waals surface area contributed by atoms with Gasteiger partial charge in [-0.2, -0.15) is 5.26 Å². The lowest BCUT2D eigenvalue weighted by molar-refractivity contribution is 0.261. The van der Waals surface area contributed by atoms with Gasteiger partial charge in [0.25, 0.3) is 0 Å². The molecule has 0 bridgehead atoms. The van der Waals surface area contributed by atoms with Crippen molar-refractivity contribution in [2.75, 3.05) is 20.3 Å². The molecule has 6 heteroatoms. The molecule has 0 spiro atoms. The standard InChI is InChI=1S/C17H16ClFN2O2/c1-21-11-13-3-2-4-15(17(13)22-8-7-19)23-16-9-14(18)6-5-12(16)10-20/h2-6,9,21H,7-8,11H2,1H3. The Morgan fingerprint density at radius 1 is 1.26 bits per heavy atom. The summed E-state index contributed by atoms with van der Waals surface area (Å²) in [5.74, 6) is 1.18. The van der Waals surface area contributed by atoms with Crippen LogP contribution in [0.1, 0.15) is 11.1 Å². The minimum Gasteiger partial charge on any atom is -0.487 e. The van der Waals surface area contributed by atoms with Gasteiger partial charge >= 0.3 is 0 Å². The highest BCUT2D eigenvalue weighted by Crippen LogP contribution is 2.36. The van der Waals surface area contributed by atoms with Gasteiger partial charge in [-0.05, 0) is 25.2 Å². The van der Waals surface area contributed by atoms with Crippen LogP contribution >= 0.6 is 11.6 Å². The molecular weight excluding hydrogens is 319 g/mol. The Morgan fingerprint density at radius 3 is 2.78 bits per heavy atom. The fourth-order valence-electron chi connectivity index (χ4n) is 2.07. The Hall–Kier alpha value is -2.29. The molecular formula is C17H16ClFN2O2. The number of para-hydroxylation sites is 1. The number of hydrogen-bond acceptors (Lipinski definition) is 4. The highest BCUT2D eigenvalue weighted by Gasteiger charge is 2.14. The molecule has 0 radical (unpaired) electrons. The van der Waals surface area contributed by atoms with Gasteiger partial charge in [0.05, 0.1) is 5.56 Å². The van der Waals surface area contributed by atoms with Crippen molar-refractivity contribution >= 4 is 11.6 Å². The van der Waals surface area contributed by atoms with Gasteiger partial charge < -0.3 is 14.8 Å². The van der Waals surface area contributed by atoms with Gasteiger partial charge in [-0.15, -0.1) is 0 Å². The SMILES string of the molecule is CNCc1cccc(Oc2cc(Cl)ccc2C#N)c1OCCF. The summed E-state index contributed by atoms with van der Waals surface area (Å²) in [5, 5.41) is 12.6. The van der Waals surface area contributed by atoms with E-state index < -0.39 is 6.67 Å². The zero-order valence-electron chi connectivity index (χ0n) is 12.6. The largest absolute Gasteiger partial charge is 0.487 e. The zero-order chi connectivity index (χ0) is 16.7. The van der Waals surface area contributed by atoms with E-state index in [4.69, 9.17) is 21.1 Å². The summed E-state index contributed by atoms with van der Waals surface area (Å²) < 4.78 is 23.8. The van der Waals surface area contributed by atoms with Crippen LogP contribution in [0, 0.1) is 11.3 Å². The van der Waals surface area contributed by atoms with Crippen LogP contribution in [0.25, 0.3) is 0 Å². The number of nitriles is 1. The molecule has 0 aliphatic rings. The Balaban J connectivity index is 2.41. The lowest BCUT2D eigenvalue weighted by Crippen LogP contribution is -2.09. The monoisotopic (exact) mass is 334 g/mol. The van der Waals surface area contributed by atoms with E-state index in [2.05, 4.69) is 5.32 Å². The van der Waals surface area contributed by atoms with Crippen LogP contribution in [-0.4, -0.2) is 20.3 Å². The number of rotatable bonds is 7. The number of nitrogens with zero attached hydrogens (tertiary/aromatic N) is 1. The van der Waals surface area contributed by atoms with Crippen LogP contribution in [0.5, 0.6) is 17.2 Å². The summed E-state index contributed by atoms with van der Waals surface area (Å²) in [6, 6.07) is 12.2. The molecule has 2 aromatic rings. The predicted molar refractivity (Wildman–Crippen MR) is 86.9 cm³/mol. The van der Waals surface area contributed by atoms with E-state index in [1.54, 1.807) is 37.4 Å². The molecule has 0 heterocycles. The summed E-state index contributed by atoms with van der Waals surface area (Å²) in [6.45, 7) is -0.134. The first kappa shape index (κ1) is 17.1. The summed E-state index contributed by atoms with van der Waals surface area (Å²) in [7, 11) is 1.80. The van der Waals surface area contributed by atoms with Crippen molar-refractivity contribution in [1.29, 1.82) is 5.26 Å². The first-order valence-corrected chi connectivity index (χ1v) is 7.40. The van der Waals surface area contributed by atoms with Crippen LogP contribution in [0.2, 0.25) is 5.02 Å². The summed E-state index contributed by atoms with van der Waals surface area (Å²) in [6.07, 6.45) is 0. The molecule has 2 rings (SSSR count). The van der Waals surface area contributed by atoms with Gasteiger partial charge in [0.1, 0.15) is 25.1 Å². The maximum absolute atomic E-state index is 12.5. The van der Waals surface area contributed by atoms with Crippen LogP contribution in [0.4, 0.5) is 4.39 Å². The van der Waals surface area contributed by atoms with Crippen LogP contribution in [0.3, 0.4) is 0 Å². The summed E-state index contributed by atoms with van der Waals surface area (Å²) >= 11 is 5.96. The van der Waals surface area contributed by atoms with Crippen molar-refractivity contribution in [3.8, 4) is 23.3 Å². The van der Waals surface area contributed by atoms with Gasteiger partial charge in [-0.1, -0.05) is 23.7 Å². The highest BCUT2D eigenvalue weighted by atomic mass is 35.5. The molecule has 1 N–H and O–H groups in total. The van der Waals surface area contributed by atoms with Gasteiger partial charge in [0, 0.05) is 23.2 Å². The van der Waals surface area contributed by atoms with E-state index in [-0.39, 0.29) is 6.61 Å². The number of halogens is 2. The van der Waals surface area contributed by atoms with Crippen molar-refractivity contribution in [2.45, 2.75) is 6.54 Å². The van der Waals surface area contributed by atoms with E-state index >= 15 is 0 Å². The quantitative estimate of drug-likeness (QED) is 0.829. The number of alkyl halides is 1. The van der Waals surface area contributed by atoms with Crippen molar-refractivity contribution < 1.29 is 13.9 Å². The third-order valence-electron chi connectivity index (χ3n) is 3.04. The van der Waals surface area contributed by atoms with Crippen LogP contribution in [0.15, 0.2) is 36.4 Å². The molecule has 0 aromatic heterocycles. The molecule has 0 aliphatic carbocycles. The van der Waals surface area contributed by atoms with E-state index in [1.165, 1.54) is 0 Å². The van der Waals surface area contributed by atoms with E-state index in [1.807, 2.05) is 12.1 Å². The Kier molecular flexibility index (Phi) is 6.21. The molecule has 2 aromatic carbocycles. The molecule has 0 saturated heterocycles. The second-order valence-corrected chi connectivity index (χ2v) is 5.10. The molecule has 0 fully saturated rings. The molecule has 0 aliphatic heterocycles. The average Bonchev–Trinajstić information content (AvgIpc) is 2.55. The second-order valence-electron chi connectivity index (χ2n) is 4.67. The Bertz CT molecular complexity index is 716. The van der Waals surface area contributed by atoms with Crippen molar-refractivity contribution in [2.24, 2.45) is 0 Å². The first-order valence-electron chi connectivity index (χ1n) is 7.02. The van der Waals surface area contributed by atoms with E-state index in [9.17, 15) is 9.65 Å². The van der Waals surface area contributed by atoms with Crippen molar-refractivity contribution in [3.05, 3.63) is 52.5 Å². The molecule has 4 nitrogen and oxygen atoms in total. The predicted octanol–water partition coefficient (Wildman–Crippen LogP) is 4.07. The summed E-state index contributed by atoms with van der Waals surface area (Å²) in [4.78, 5) is 0. The first-order chi connectivity index (χ1) is 11.2. The molecule has 0 atom stereocenters. The fraction of sp³-hybridized carbons (Fsp3) is 0.235. The van der Waals surface area contributed by atoms with Gasteiger partial charge in [-0.3, -0.25) is 0 Å². The fourth-order valence-corrected chi connectivity index (χ4v) is 2.23. The van der Waals surface area contributed by atoms with E-state index in [0.29, 0.717) is 34.4 Å². The third-order valence-corrected chi connectivity index (χ3v) is 3.27. The average molecular weight is 335 g/mol. The maximum atomic E-state index is 12.5. The number of ether oxygens (including phenoxy) is 2. The summed E-state index contributed by atoms with van der Waals surface area (Å²) in [5.41, 5.74) is 1.18. The van der Waals surface area contributed by atoms with Gasteiger partial charge in [0.2, 0.25) is 0 Å². The number of nitrogens with one attached hydrogen (secondary N) is 1. The maximum Gasteiger partial charge on any atom is 0.169 e. The van der Waals surface area contributed by atoms with Gasteiger partial charge in [0.15, 0.2) is 11.5 Å². The minimum atomic E-state index is -0.603. The molecule has 0 saturated carbocycles. The molecule has 0 unspecified atom stereocenters. The van der Waals surface area contributed by atoms with E-state index in [0.717, 1.165) is 5.56 Å². The minimum absolute atomic E-state index is 0.0717. The van der Waals surface area contributed by atoms with Crippen LogP contribution in [-0.2, 0) is 6.54 Å². The van der Waals surface area contributed by atoms with Crippen molar-refractivity contribution in [3.63, 3.8) is 0 Å². The smallest absolute Gasteiger partial charge is 0.169 e. The number of hydrogen-bond donors (Lipinski definition) is 1. The third kappa shape index (κ3) is 4.35. The van der Waals surface area contributed by atoms with Crippen LogP contribution < -0.4 is 14.8 Å². The molecule has 23 heavy (non-hydrogen) atoms. The Labute approximate surface area is 139 Å². The molecule has 0 amide bonds.